The van der Waals surface area contributed by atoms with Crippen LogP contribution in [-0.4, -0.2) is 67.3 Å². The Hall–Kier alpha value is -2.04. The minimum absolute atomic E-state index is 0.0224. The summed E-state index contributed by atoms with van der Waals surface area (Å²) in [5, 5.41) is 13.0. The number of hydrogen-bond donors (Lipinski definition) is 2. The number of sulfonamides is 1. The highest BCUT2D eigenvalue weighted by Gasteiger charge is 2.26. The maximum absolute atomic E-state index is 12.7. The molecule has 1 heterocycles. The van der Waals surface area contributed by atoms with Crippen LogP contribution < -0.4 is 5.32 Å². The van der Waals surface area contributed by atoms with E-state index in [1.165, 1.54) is 4.31 Å². The Balaban J connectivity index is 1.66. The maximum atomic E-state index is 12.7. The third-order valence-electron chi connectivity index (χ3n) is 4.59. The molecule has 3 rings (SSSR count). The number of thiocarbonyl (C=S) groups is 1. The monoisotopic (exact) mass is 435 g/mol. The fourth-order valence-corrected chi connectivity index (χ4v) is 4.71. The van der Waals surface area contributed by atoms with Gasteiger partial charge in [-0.05, 0) is 42.0 Å². The van der Waals surface area contributed by atoms with E-state index in [-0.39, 0.29) is 11.5 Å². The molecule has 0 aromatic heterocycles. The van der Waals surface area contributed by atoms with Crippen molar-refractivity contribution in [2.45, 2.75) is 11.4 Å². The Morgan fingerprint density at radius 3 is 2.38 bits per heavy atom. The molecule has 1 fully saturated rings. The zero-order valence-electron chi connectivity index (χ0n) is 16.0. The van der Waals surface area contributed by atoms with Gasteiger partial charge in [0.25, 0.3) is 0 Å². The molecule has 1 aliphatic rings. The van der Waals surface area contributed by atoms with E-state index < -0.39 is 10.0 Å². The van der Waals surface area contributed by atoms with Crippen LogP contribution in [0, 0.1) is 0 Å². The van der Waals surface area contributed by atoms with Gasteiger partial charge in [0.15, 0.2) is 5.11 Å². The molecule has 7 nitrogen and oxygen atoms in total. The highest BCUT2D eigenvalue weighted by molar-refractivity contribution is 7.89. The van der Waals surface area contributed by atoms with E-state index in [0.717, 1.165) is 5.56 Å². The number of morpholine rings is 1. The summed E-state index contributed by atoms with van der Waals surface area (Å²) in [6.45, 7) is 2.49. The zero-order valence-corrected chi connectivity index (χ0v) is 17.7. The summed E-state index contributed by atoms with van der Waals surface area (Å²) in [6, 6.07) is 16.4. The largest absolute Gasteiger partial charge is 0.395 e. The number of aliphatic hydroxyl groups excluding tert-OH is 1. The standard InChI is InChI=1S/C20H25N3O4S2/c24-13-10-22(16-17-4-2-1-3-5-17)20(28)21-18-6-8-19(9-7-18)29(25,26)23-11-14-27-15-12-23/h1-9,24H,10-16H2,(H,21,28). The van der Waals surface area contributed by atoms with Crippen molar-refractivity contribution in [3.8, 4) is 0 Å². The summed E-state index contributed by atoms with van der Waals surface area (Å²) >= 11 is 5.49. The number of anilines is 1. The molecule has 156 valence electrons. The van der Waals surface area contributed by atoms with Crippen molar-refractivity contribution in [1.29, 1.82) is 0 Å². The molecule has 0 bridgehead atoms. The molecule has 0 spiro atoms. The number of nitrogens with zero attached hydrogens (tertiary/aromatic N) is 2. The molecular weight excluding hydrogens is 410 g/mol. The second-order valence-corrected chi connectivity index (χ2v) is 8.93. The van der Waals surface area contributed by atoms with Crippen molar-refractivity contribution in [2.75, 3.05) is 44.8 Å². The number of benzene rings is 2. The van der Waals surface area contributed by atoms with Crippen molar-refractivity contribution in [1.82, 2.24) is 9.21 Å². The lowest BCUT2D eigenvalue weighted by Crippen LogP contribution is -2.40. The number of aliphatic hydroxyl groups is 1. The van der Waals surface area contributed by atoms with Crippen LogP contribution in [0.1, 0.15) is 5.56 Å². The lowest BCUT2D eigenvalue weighted by Gasteiger charge is -2.26. The van der Waals surface area contributed by atoms with E-state index in [1.54, 1.807) is 24.3 Å². The Morgan fingerprint density at radius 1 is 1.10 bits per heavy atom. The van der Waals surface area contributed by atoms with Crippen molar-refractivity contribution in [3.05, 3.63) is 60.2 Å². The molecule has 2 N–H and O–H groups in total. The normalized spacial score (nSPS) is 15.1. The number of ether oxygens (including phenoxy) is 1. The Kier molecular flexibility index (Phi) is 7.57. The number of rotatable bonds is 7. The average Bonchev–Trinajstić information content (AvgIpc) is 2.75. The first-order valence-electron chi connectivity index (χ1n) is 9.39. The van der Waals surface area contributed by atoms with Gasteiger partial charge in [0.1, 0.15) is 0 Å². The number of hydrogen-bond acceptors (Lipinski definition) is 5. The maximum Gasteiger partial charge on any atom is 0.243 e. The minimum Gasteiger partial charge on any atom is -0.395 e. The first-order valence-corrected chi connectivity index (χ1v) is 11.2. The van der Waals surface area contributed by atoms with Gasteiger partial charge in [-0.3, -0.25) is 0 Å². The van der Waals surface area contributed by atoms with Crippen LogP contribution in [0.3, 0.4) is 0 Å². The second-order valence-electron chi connectivity index (χ2n) is 6.60. The Bertz CT molecular complexity index is 899. The molecule has 1 saturated heterocycles. The summed E-state index contributed by atoms with van der Waals surface area (Å²) in [5.41, 5.74) is 1.77. The van der Waals surface area contributed by atoms with Crippen LogP contribution in [0.25, 0.3) is 0 Å². The Morgan fingerprint density at radius 2 is 1.76 bits per heavy atom. The van der Waals surface area contributed by atoms with E-state index in [1.807, 2.05) is 35.2 Å². The van der Waals surface area contributed by atoms with Crippen LogP contribution >= 0.6 is 12.2 Å². The molecule has 0 atom stereocenters. The van der Waals surface area contributed by atoms with Gasteiger partial charge in [0.2, 0.25) is 10.0 Å². The summed E-state index contributed by atoms with van der Waals surface area (Å²) in [6.07, 6.45) is 0. The van der Waals surface area contributed by atoms with E-state index in [4.69, 9.17) is 17.0 Å². The smallest absolute Gasteiger partial charge is 0.243 e. The third kappa shape index (κ3) is 5.74. The SMILES string of the molecule is O=S(=O)(c1ccc(NC(=S)N(CCO)Cc2ccccc2)cc1)N1CCOCC1. The molecule has 1 aliphatic heterocycles. The van der Waals surface area contributed by atoms with Gasteiger partial charge >= 0.3 is 0 Å². The molecule has 0 amide bonds. The van der Waals surface area contributed by atoms with Crippen molar-refractivity contribution >= 4 is 33.0 Å². The van der Waals surface area contributed by atoms with Crippen molar-refractivity contribution < 1.29 is 18.3 Å². The topological polar surface area (TPSA) is 82.1 Å². The Labute approximate surface area is 176 Å². The zero-order chi connectivity index (χ0) is 20.7. The van der Waals surface area contributed by atoms with Crippen LogP contribution in [0.15, 0.2) is 59.5 Å². The molecule has 2 aromatic carbocycles. The highest BCUT2D eigenvalue weighted by atomic mass is 32.2. The lowest BCUT2D eigenvalue weighted by molar-refractivity contribution is 0.0730. The van der Waals surface area contributed by atoms with E-state index in [2.05, 4.69) is 5.32 Å². The first kappa shape index (κ1) is 21.7. The predicted molar refractivity (Wildman–Crippen MR) is 116 cm³/mol. The minimum atomic E-state index is -3.52. The van der Waals surface area contributed by atoms with Gasteiger partial charge in [-0.2, -0.15) is 4.31 Å². The van der Waals surface area contributed by atoms with Gasteiger partial charge in [0, 0.05) is 31.9 Å². The number of nitrogens with one attached hydrogen (secondary N) is 1. The average molecular weight is 436 g/mol. The third-order valence-corrected chi connectivity index (χ3v) is 6.86. The van der Waals surface area contributed by atoms with E-state index >= 15 is 0 Å². The van der Waals surface area contributed by atoms with Crippen LogP contribution in [-0.2, 0) is 21.3 Å². The fraction of sp³-hybridized carbons (Fsp3) is 0.350. The summed E-state index contributed by atoms with van der Waals surface area (Å²) in [7, 11) is -3.52. The van der Waals surface area contributed by atoms with Gasteiger partial charge in [-0.1, -0.05) is 30.3 Å². The van der Waals surface area contributed by atoms with Crippen molar-refractivity contribution in [3.63, 3.8) is 0 Å². The van der Waals surface area contributed by atoms with Gasteiger partial charge < -0.3 is 20.1 Å². The molecule has 0 unspecified atom stereocenters. The first-order chi connectivity index (χ1) is 14.0. The predicted octanol–water partition coefficient (Wildman–Crippen LogP) is 1.90. The molecule has 2 aromatic rings. The van der Waals surface area contributed by atoms with Gasteiger partial charge in [0.05, 0.1) is 24.7 Å². The summed E-state index contributed by atoms with van der Waals surface area (Å²) in [5.74, 6) is 0. The van der Waals surface area contributed by atoms with Gasteiger partial charge in [-0.25, -0.2) is 8.42 Å². The van der Waals surface area contributed by atoms with E-state index in [0.29, 0.717) is 50.2 Å². The summed E-state index contributed by atoms with van der Waals surface area (Å²) in [4.78, 5) is 2.11. The van der Waals surface area contributed by atoms with Crippen LogP contribution in [0.2, 0.25) is 0 Å². The van der Waals surface area contributed by atoms with Gasteiger partial charge in [-0.15, -0.1) is 0 Å². The second kappa shape index (κ2) is 10.1. The lowest BCUT2D eigenvalue weighted by atomic mass is 10.2. The molecule has 29 heavy (non-hydrogen) atoms. The molecular formula is C20H25N3O4S2. The van der Waals surface area contributed by atoms with Crippen LogP contribution in [0.4, 0.5) is 5.69 Å². The molecule has 0 saturated carbocycles. The highest BCUT2D eigenvalue weighted by Crippen LogP contribution is 2.20. The van der Waals surface area contributed by atoms with Crippen molar-refractivity contribution in [2.24, 2.45) is 0 Å². The quantitative estimate of drug-likeness (QED) is 0.643. The molecule has 0 aliphatic carbocycles. The molecule has 9 heteroatoms. The summed E-state index contributed by atoms with van der Waals surface area (Å²) < 4.78 is 32.1. The fourth-order valence-electron chi connectivity index (χ4n) is 3.03. The van der Waals surface area contributed by atoms with Crippen LogP contribution in [0.5, 0.6) is 0 Å². The molecule has 0 radical (unpaired) electrons. The van der Waals surface area contributed by atoms with E-state index in [9.17, 15) is 13.5 Å².